The number of carbonyl (C=O) groups is 5. The molecule has 1 aromatic carbocycles. The van der Waals surface area contributed by atoms with Crippen LogP contribution in [-0.4, -0.2) is 93.9 Å². The third kappa shape index (κ3) is 7.59. The molecule has 1 fully saturated rings. The van der Waals surface area contributed by atoms with Crippen molar-refractivity contribution in [2.24, 2.45) is 11.7 Å². The number of carboxylic acids is 1. The maximum Gasteiger partial charge on any atom is 0.303 e. The van der Waals surface area contributed by atoms with Gasteiger partial charge >= 0.3 is 5.97 Å². The highest BCUT2D eigenvalue weighted by Gasteiger charge is 2.39. The van der Waals surface area contributed by atoms with Crippen molar-refractivity contribution in [2.45, 2.75) is 69.8 Å². The molecule has 1 aliphatic rings. The van der Waals surface area contributed by atoms with Crippen LogP contribution < -0.4 is 11.1 Å². The van der Waals surface area contributed by atoms with E-state index in [-0.39, 0.29) is 31.7 Å². The first-order valence-electron chi connectivity index (χ1n) is 12.0. The van der Waals surface area contributed by atoms with Gasteiger partial charge in [0.25, 0.3) is 0 Å². The second kappa shape index (κ2) is 13.1. The summed E-state index contributed by atoms with van der Waals surface area (Å²) in [6.07, 6.45) is -0.780. The molecule has 0 bridgehead atoms. The quantitative estimate of drug-likeness (QED) is 0.277. The molecule has 0 saturated carbocycles. The summed E-state index contributed by atoms with van der Waals surface area (Å²) in [4.78, 5) is 64.8. The van der Waals surface area contributed by atoms with Gasteiger partial charge in [-0.15, -0.1) is 0 Å². The second-order valence-electron chi connectivity index (χ2n) is 9.50. The summed E-state index contributed by atoms with van der Waals surface area (Å²) in [5.41, 5.74) is 6.81. The summed E-state index contributed by atoms with van der Waals surface area (Å²) in [5, 5.41) is 21.7. The number of benzene rings is 1. The van der Waals surface area contributed by atoms with Gasteiger partial charge in [0.05, 0.1) is 18.2 Å². The summed E-state index contributed by atoms with van der Waals surface area (Å²) < 4.78 is 0. The fraction of sp³-hybridized carbons (Fsp3) is 0.560. The number of aldehydes is 1. The number of hydrogen-bond donors (Lipinski definition) is 4. The molecule has 1 aliphatic heterocycles. The van der Waals surface area contributed by atoms with E-state index in [0.29, 0.717) is 6.29 Å². The van der Waals surface area contributed by atoms with Crippen molar-refractivity contribution < 1.29 is 34.2 Å². The van der Waals surface area contributed by atoms with Gasteiger partial charge in [-0.25, -0.2) is 0 Å². The van der Waals surface area contributed by atoms with Crippen LogP contribution in [0.1, 0.15) is 38.7 Å². The number of carbonyl (C=O) groups excluding carboxylic acids is 4. The number of rotatable bonds is 12. The summed E-state index contributed by atoms with van der Waals surface area (Å²) in [6, 6.07) is 5.00. The van der Waals surface area contributed by atoms with Gasteiger partial charge < -0.3 is 35.9 Å². The monoisotopic (exact) mass is 504 g/mol. The van der Waals surface area contributed by atoms with E-state index in [1.165, 1.54) is 11.9 Å². The first-order valence-corrected chi connectivity index (χ1v) is 12.0. The Hall–Kier alpha value is -3.31. The number of aliphatic hydroxyl groups excluding tert-OH is 1. The summed E-state index contributed by atoms with van der Waals surface area (Å²) >= 11 is 0. The van der Waals surface area contributed by atoms with Gasteiger partial charge in [-0.1, -0.05) is 44.2 Å². The summed E-state index contributed by atoms with van der Waals surface area (Å²) in [5.74, 6) is -3.10. The highest BCUT2D eigenvalue weighted by atomic mass is 16.4. The molecule has 1 heterocycles. The van der Waals surface area contributed by atoms with Crippen molar-refractivity contribution >= 4 is 30.0 Å². The Kier molecular flexibility index (Phi) is 10.5. The first-order chi connectivity index (χ1) is 17.0. The van der Waals surface area contributed by atoms with Crippen LogP contribution in [0.15, 0.2) is 30.3 Å². The molecule has 5 N–H and O–H groups in total. The molecule has 1 aromatic rings. The Morgan fingerprint density at radius 3 is 2.42 bits per heavy atom. The van der Waals surface area contributed by atoms with Crippen molar-refractivity contribution in [2.75, 3.05) is 13.6 Å². The predicted molar refractivity (Wildman–Crippen MR) is 131 cm³/mol. The van der Waals surface area contributed by atoms with Crippen molar-refractivity contribution in [3.63, 3.8) is 0 Å². The van der Waals surface area contributed by atoms with Crippen LogP contribution in [0.25, 0.3) is 0 Å². The lowest BCUT2D eigenvalue weighted by Crippen LogP contribution is -2.58. The average molecular weight is 505 g/mol. The van der Waals surface area contributed by atoms with E-state index in [1.807, 2.05) is 6.07 Å². The molecular weight excluding hydrogens is 468 g/mol. The second-order valence-corrected chi connectivity index (χ2v) is 9.50. The number of β-amino-alcohol motifs (C(OH)–C–C–N with tert-alkyl or cyclic N) is 1. The van der Waals surface area contributed by atoms with Crippen molar-refractivity contribution in [3.05, 3.63) is 35.9 Å². The Labute approximate surface area is 210 Å². The molecule has 11 nitrogen and oxygen atoms in total. The van der Waals surface area contributed by atoms with Gasteiger partial charge in [-0.2, -0.15) is 0 Å². The molecule has 3 amide bonds. The van der Waals surface area contributed by atoms with Gasteiger partial charge in [0.15, 0.2) is 0 Å². The maximum atomic E-state index is 13.5. The van der Waals surface area contributed by atoms with E-state index in [9.17, 15) is 29.1 Å². The van der Waals surface area contributed by atoms with Crippen LogP contribution in [0.2, 0.25) is 0 Å². The molecule has 1 saturated heterocycles. The van der Waals surface area contributed by atoms with Crippen molar-refractivity contribution in [1.82, 2.24) is 15.1 Å². The zero-order chi connectivity index (χ0) is 27.0. The third-order valence-corrected chi connectivity index (χ3v) is 6.42. The van der Waals surface area contributed by atoms with Crippen LogP contribution in [0.4, 0.5) is 0 Å². The smallest absolute Gasteiger partial charge is 0.303 e. The topological polar surface area (TPSA) is 170 Å². The highest BCUT2D eigenvalue weighted by molar-refractivity contribution is 5.94. The van der Waals surface area contributed by atoms with Gasteiger partial charge in [0.2, 0.25) is 17.7 Å². The lowest BCUT2D eigenvalue weighted by molar-refractivity contribution is -0.144. The number of carboxylic acid groups (broad SMARTS) is 1. The van der Waals surface area contributed by atoms with E-state index in [4.69, 9.17) is 10.8 Å². The number of nitrogens with zero attached hydrogens (tertiary/aromatic N) is 2. The molecule has 0 aliphatic carbocycles. The molecule has 11 heteroatoms. The molecule has 0 unspecified atom stereocenters. The molecule has 0 radical (unpaired) electrons. The lowest BCUT2D eigenvalue weighted by atomic mass is 9.99. The Balaban J connectivity index is 2.32. The zero-order valence-electron chi connectivity index (χ0n) is 20.9. The standard InChI is InChI=1S/C25H36N4O7/c1-15(2)22(26)25(36)28(3)20(11-16-7-5-4-6-8-16)23(34)27-19(9-10-21(32)33)24(35)29-13-18(31)12-17(29)14-30/h4-8,14-15,17-20,22,31H,9-13,26H2,1-3H3,(H,27,34)(H,32,33)/t17-,18-,19+,20+,22+/m1/s1. The number of aliphatic hydroxyl groups is 1. The van der Waals surface area contributed by atoms with E-state index >= 15 is 0 Å². The summed E-state index contributed by atoms with van der Waals surface area (Å²) in [6.45, 7) is 3.48. The fourth-order valence-corrected chi connectivity index (χ4v) is 4.14. The minimum Gasteiger partial charge on any atom is -0.481 e. The normalized spacial score (nSPS) is 19.9. The Morgan fingerprint density at radius 2 is 1.86 bits per heavy atom. The fourth-order valence-electron chi connectivity index (χ4n) is 4.14. The molecule has 0 spiro atoms. The summed E-state index contributed by atoms with van der Waals surface area (Å²) in [7, 11) is 1.46. The molecule has 5 atom stereocenters. The van der Waals surface area contributed by atoms with E-state index < -0.39 is 60.4 Å². The third-order valence-electron chi connectivity index (χ3n) is 6.42. The van der Waals surface area contributed by atoms with Crippen LogP contribution in [0.5, 0.6) is 0 Å². The molecule has 2 rings (SSSR count). The van der Waals surface area contributed by atoms with Crippen LogP contribution in [0.3, 0.4) is 0 Å². The Morgan fingerprint density at radius 1 is 1.22 bits per heavy atom. The average Bonchev–Trinajstić information content (AvgIpc) is 3.24. The minimum absolute atomic E-state index is 0.0653. The van der Waals surface area contributed by atoms with Gasteiger partial charge in [0, 0.05) is 32.9 Å². The highest BCUT2D eigenvalue weighted by Crippen LogP contribution is 2.19. The van der Waals surface area contributed by atoms with Crippen molar-refractivity contribution in [3.8, 4) is 0 Å². The number of likely N-dealkylation sites (tertiary alicyclic amines) is 1. The zero-order valence-corrected chi connectivity index (χ0v) is 20.9. The number of likely N-dealkylation sites (N-methyl/N-ethyl adjacent to an activating group) is 1. The van der Waals surface area contributed by atoms with E-state index in [2.05, 4.69) is 5.32 Å². The molecule has 36 heavy (non-hydrogen) atoms. The van der Waals surface area contributed by atoms with E-state index in [0.717, 1.165) is 10.5 Å². The maximum absolute atomic E-state index is 13.5. The molecular formula is C25H36N4O7. The minimum atomic E-state index is -1.26. The number of aliphatic carboxylic acids is 1. The molecule has 198 valence electrons. The van der Waals surface area contributed by atoms with Crippen molar-refractivity contribution in [1.29, 1.82) is 0 Å². The van der Waals surface area contributed by atoms with Crippen LogP contribution in [-0.2, 0) is 30.4 Å². The first kappa shape index (κ1) is 28.9. The van der Waals surface area contributed by atoms with E-state index in [1.54, 1.807) is 38.1 Å². The predicted octanol–water partition coefficient (Wildman–Crippen LogP) is -0.450. The number of nitrogens with two attached hydrogens (primary N) is 1. The SMILES string of the molecule is CC(C)[C@H](N)C(=O)N(C)[C@@H](Cc1ccccc1)C(=O)N[C@@H](CCC(=O)O)C(=O)N1C[C@H](O)C[C@@H]1C=O. The number of nitrogens with one attached hydrogen (secondary N) is 1. The number of amides is 3. The Bertz CT molecular complexity index is 940. The molecule has 0 aromatic heterocycles. The van der Waals surface area contributed by atoms with Gasteiger partial charge in [-0.05, 0) is 17.9 Å². The largest absolute Gasteiger partial charge is 0.481 e. The van der Waals surface area contributed by atoms with Crippen LogP contribution >= 0.6 is 0 Å². The van der Waals surface area contributed by atoms with Gasteiger partial charge in [0.1, 0.15) is 18.4 Å². The lowest BCUT2D eigenvalue weighted by Gasteiger charge is -2.33. The van der Waals surface area contributed by atoms with Gasteiger partial charge in [-0.3, -0.25) is 19.2 Å². The van der Waals surface area contributed by atoms with Crippen LogP contribution in [0, 0.1) is 5.92 Å². The number of hydrogen-bond acceptors (Lipinski definition) is 7.